The van der Waals surface area contributed by atoms with Crippen molar-refractivity contribution in [3.63, 3.8) is 0 Å². The average molecular weight is 221 g/mol. The van der Waals surface area contributed by atoms with Crippen LogP contribution in [0.2, 0.25) is 0 Å². The predicted molar refractivity (Wildman–Crippen MR) is 58.2 cm³/mol. The van der Waals surface area contributed by atoms with Gasteiger partial charge in [-0.15, -0.1) is 0 Å². The van der Waals surface area contributed by atoms with Crippen molar-refractivity contribution >= 4 is 17.1 Å². The number of fused-ring (bicyclic) bond motifs is 1. The van der Waals surface area contributed by atoms with Crippen LogP contribution in [-0.2, 0) is 11.2 Å². The van der Waals surface area contributed by atoms with Gasteiger partial charge in [0.2, 0.25) is 0 Å². The van der Waals surface area contributed by atoms with Crippen molar-refractivity contribution in [2.75, 3.05) is 6.61 Å². The second-order valence-corrected chi connectivity index (χ2v) is 3.38. The van der Waals surface area contributed by atoms with Crippen LogP contribution in [0.3, 0.4) is 0 Å². The van der Waals surface area contributed by atoms with Crippen LogP contribution in [0.25, 0.3) is 11.0 Å². The number of carbonyl (C=O) groups excluding carboxylic acids is 1. The number of nitrogens with one attached hydrogen (secondary N) is 2. The van der Waals surface area contributed by atoms with Gasteiger partial charge in [-0.05, 0) is 17.7 Å². The maximum absolute atomic E-state index is 11.0. The number of hydrogen-bond acceptors (Lipinski definition) is 3. The van der Waals surface area contributed by atoms with Crippen LogP contribution in [0.4, 0.5) is 4.79 Å². The second kappa shape index (κ2) is 4.09. The number of nitrogens with two attached hydrogens (primary N) is 1. The van der Waals surface area contributed by atoms with E-state index in [1.165, 1.54) is 0 Å². The van der Waals surface area contributed by atoms with E-state index in [9.17, 15) is 9.59 Å². The van der Waals surface area contributed by atoms with Gasteiger partial charge in [-0.1, -0.05) is 6.07 Å². The summed E-state index contributed by atoms with van der Waals surface area (Å²) in [4.78, 5) is 26.7. The minimum absolute atomic E-state index is 0.232. The van der Waals surface area contributed by atoms with E-state index in [0.29, 0.717) is 6.42 Å². The molecule has 6 nitrogen and oxygen atoms in total. The Kier molecular flexibility index (Phi) is 2.63. The Balaban J connectivity index is 2.13. The van der Waals surface area contributed by atoms with Crippen LogP contribution in [0.1, 0.15) is 5.56 Å². The van der Waals surface area contributed by atoms with E-state index in [1.807, 2.05) is 12.1 Å². The average Bonchev–Trinajstić information content (AvgIpc) is 2.56. The molecule has 1 amide bonds. The minimum atomic E-state index is -0.781. The number of primary amides is 1. The van der Waals surface area contributed by atoms with E-state index in [2.05, 4.69) is 14.7 Å². The Labute approximate surface area is 90.4 Å². The third kappa shape index (κ3) is 2.22. The molecule has 0 aliphatic rings. The van der Waals surface area contributed by atoms with E-state index >= 15 is 0 Å². The number of hydrogen-bond donors (Lipinski definition) is 3. The van der Waals surface area contributed by atoms with Gasteiger partial charge in [-0.3, -0.25) is 0 Å². The van der Waals surface area contributed by atoms with Gasteiger partial charge in [-0.2, -0.15) is 0 Å². The number of amides is 1. The molecule has 0 bridgehead atoms. The molecule has 0 saturated heterocycles. The molecule has 0 unspecified atom stereocenters. The van der Waals surface area contributed by atoms with Crippen LogP contribution in [0.5, 0.6) is 0 Å². The highest BCUT2D eigenvalue weighted by Gasteiger charge is 2.01. The van der Waals surface area contributed by atoms with Crippen LogP contribution in [0.15, 0.2) is 23.0 Å². The van der Waals surface area contributed by atoms with Crippen LogP contribution < -0.4 is 11.4 Å². The Morgan fingerprint density at radius 3 is 2.81 bits per heavy atom. The summed E-state index contributed by atoms with van der Waals surface area (Å²) in [5, 5.41) is 0. The standard InChI is InChI=1S/C10H11N3O3/c11-9(14)16-4-3-6-1-2-7-8(5-6)13-10(15)12-7/h1-2,5H,3-4H2,(H2,11,14)(H2,12,13,15). The smallest absolute Gasteiger partial charge is 0.404 e. The molecule has 0 aliphatic heterocycles. The fourth-order valence-electron chi connectivity index (χ4n) is 1.50. The van der Waals surface area contributed by atoms with E-state index in [1.54, 1.807) is 6.07 Å². The number of H-pyrrole nitrogens is 2. The lowest BCUT2D eigenvalue weighted by atomic mass is 10.1. The zero-order valence-electron chi connectivity index (χ0n) is 8.45. The topological polar surface area (TPSA) is 101 Å². The van der Waals surface area contributed by atoms with Crippen molar-refractivity contribution in [3.05, 3.63) is 34.2 Å². The molecule has 4 N–H and O–H groups in total. The molecule has 1 aromatic heterocycles. The van der Waals surface area contributed by atoms with Gasteiger partial charge in [0.25, 0.3) is 0 Å². The third-order valence-electron chi connectivity index (χ3n) is 2.22. The van der Waals surface area contributed by atoms with Gasteiger partial charge in [-0.25, -0.2) is 9.59 Å². The summed E-state index contributed by atoms with van der Waals surface area (Å²) in [6, 6.07) is 5.49. The fraction of sp³-hybridized carbons (Fsp3) is 0.200. The maximum Gasteiger partial charge on any atom is 0.404 e. The summed E-state index contributed by atoms with van der Waals surface area (Å²) in [7, 11) is 0. The SMILES string of the molecule is NC(=O)OCCc1ccc2[nH]c(=O)[nH]c2c1. The van der Waals surface area contributed by atoms with Gasteiger partial charge in [0.15, 0.2) is 0 Å². The lowest BCUT2D eigenvalue weighted by Gasteiger charge is -2.01. The molecule has 2 rings (SSSR count). The molecule has 2 aromatic rings. The quantitative estimate of drug-likeness (QED) is 0.703. The molecule has 0 atom stereocenters. The number of aromatic amines is 2. The number of rotatable bonds is 3. The zero-order valence-corrected chi connectivity index (χ0v) is 8.45. The summed E-state index contributed by atoms with van der Waals surface area (Å²) < 4.78 is 4.62. The molecule has 0 fully saturated rings. The first-order valence-electron chi connectivity index (χ1n) is 4.78. The predicted octanol–water partition coefficient (Wildman–Crippen LogP) is 0.494. The molecular formula is C10H11N3O3. The zero-order chi connectivity index (χ0) is 11.5. The Morgan fingerprint density at radius 2 is 2.06 bits per heavy atom. The van der Waals surface area contributed by atoms with E-state index in [0.717, 1.165) is 16.6 Å². The summed E-state index contributed by atoms with van der Waals surface area (Å²) in [6.07, 6.45) is -0.220. The number of aromatic nitrogens is 2. The number of ether oxygens (including phenoxy) is 1. The molecule has 0 aliphatic carbocycles. The van der Waals surface area contributed by atoms with Crippen molar-refractivity contribution in [1.82, 2.24) is 9.97 Å². The molecule has 0 spiro atoms. The van der Waals surface area contributed by atoms with Crippen molar-refractivity contribution in [3.8, 4) is 0 Å². The molecule has 16 heavy (non-hydrogen) atoms. The first kappa shape index (κ1) is 10.3. The van der Waals surface area contributed by atoms with Gasteiger partial charge in [0, 0.05) is 6.42 Å². The van der Waals surface area contributed by atoms with E-state index < -0.39 is 6.09 Å². The lowest BCUT2D eigenvalue weighted by Crippen LogP contribution is -2.14. The fourth-order valence-corrected chi connectivity index (χ4v) is 1.50. The molecule has 1 aromatic carbocycles. The highest BCUT2D eigenvalue weighted by Crippen LogP contribution is 2.10. The molecule has 6 heteroatoms. The lowest BCUT2D eigenvalue weighted by molar-refractivity contribution is 0.158. The summed E-state index contributed by atoms with van der Waals surface area (Å²) >= 11 is 0. The highest BCUT2D eigenvalue weighted by atomic mass is 16.5. The Morgan fingerprint density at radius 1 is 1.31 bits per heavy atom. The molecule has 0 saturated carbocycles. The summed E-state index contributed by atoms with van der Waals surface area (Å²) in [6.45, 7) is 0.232. The van der Waals surface area contributed by atoms with Crippen LogP contribution >= 0.6 is 0 Å². The monoisotopic (exact) mass is 221 g/mol. The number of benzene rings is 1. The maximum atomic E-state index is 11.0. The van der Waals surface area contributed by atoms with Crippen LogP contribution in [0, 0.1) is 0 Å². The van der Waals surface area contributed by atoms with Gasteiger partial charge in [0.1, 0.15) is 0 Å². The first-order valence-corrected chi connectivity index (χ1v) is 4.78. The molecule has 0 radical (unpaired) electrons. The summed E-state index contributed by atoms with van der Waals surface area (Å²) in [5.74, 6) is 0. The third-order valence-corrected chi connectivity index (χ3v) is 2.22. The van der Waals surface area contributed by atoms with Gasteiger partial charge in [0.05, 0.1) is 17.6 Å². The van der Waals surface area contributed by atoms with Crippen molar-refractivity contribution in [1.29, 1.82) is 0 Å². The van der Waals surface area contributed by atoms with E-state index in [4.69, 9.17) is 5.73 Å². The van der Waals surface area contributed by atoms with Gasteiger partial charge >= 0.3 is 11.8 Å². The largest absolute Gasteiger partial charge is 0.449 e. The first-order chi connectivity index (χ1) is 7.65. The number of imidazole rings is 1. The van der Waals surface area contributed by atoms with E-state index in [-0.39, 0.29) is 12.3 Å². The van der Waals surface area contributed by atoms with Gasteiger partial charge < -0.3 is 20.4 Å². The second-order valence-electron chi connectivity index (χ2n) is 3.38. The van der Waals surface area contributed by atoms with Crippen molar-refractivity contribution in [2.45, 2.75) is 6.42 Å². The Bertz CT molecular complexity index is 570. The minimum Gasteiger partial charge on any atom is -0.449 e. The molecular weight excluding hydrogens is 210 g/mol. The van der Waals surface area contributed by atoms with Crippen molar-refractivity contribution < 1.29 is 9.53 Å². The number of carbonyl (C=O) groups is 1. The molecule has 84 valence electrons. The molecule has 1 heterocycles. The Hall–Kier alpha value is -2.24. The normalized spacial score (nSPS) is 10.5. The summed E-state index contributed by atoms with van der Waals surface area (Å²) in [5.41, 5.74) is 7.06. The van der Waals surface area contributed by atoms with Crippen molar-refractivity contribution in [2.24, 2.45) is 5.73 Å². The van der Waals surface area contributed by atoms with Crippen LogP contribution in [-0.4, -0.2) is 22.7 Å². The highest BCUT2D eigenvalue weighted by molar-refractivity contribution is 5.75.